The van der Waals surface area contributed by atoms with E-state index in [1.54, 1.807) is 18.2 Å². The van der Waals surface area contributed by atoms with Crippen molar-refractivity contribution >= 4 is 46.5 Å². The predicted octanol–water partition coefficient (Wildman–Crippen LogP) is 5.14. The number of carbonyl (C=O) groups is 2. The van der Waals surface area contributed by atoms with Crippen LogP contribution >= 0.6 is 23.2 Å². The largest absolute Gasteiger partial charge is 0.465 e. The van der Waals surface area contributed by atoms with E-state index in [0.717, 1.165) is 32.1 Å². The average molecular weight is 661 g/mol. The number of aliphatic hydroxyl groups excluding tert-OH is 1. The highest BCUT2D eigenvalue weighted by Gasteiger charge is 2.67. The fourth-order valence-electron chi connectivity index (χ4n) is 6.88. The number of rotatable bonds is 9. The van der Waals surface area contributed by atoms with Crippen LogP contribution in [0.4, 0.5) is 20.2 Å². The summed E-state index contributed by atoms with van der Waals surface area (Å²) in [6.45, 7) is -0.229. The molecule has 1 amide bonds. The first-order valence-electron chi connectivity index (χ1n) is 14.2. The van der Waals surface area contributed by atoms with Crippen molar-refractivity contribution in [3.8, 4) is 0 Å². The highest BCUT2D eigenvalue weighted by molar-refractivity contribution is 6.31. The number of nitro groups is 1. The molecule has 10 nitrogen and oxygen atoms in total. The number of nitrogens with one attached hydrogen (secondary N) is 2. The summed E-state index contributed by atoms with van der Waals surface area (Å²) in [7, 11) is 1.16. The lowest BCUT2D eigenvalue weighted by atomic mass is 9.73. The maximum atomic E-state index is 16.0. The Hall–Kier alpha value is -3.68. The van der Waals surface area contributed by atoms with Crippen molar-refractivity contribution in [1.82, 2.24) is 10.2 Å². The highest BCUT2D eigenvalue weighted by Crippen LogP contribution is 2.58. The summed E-state index contributed by atoms with van der Waals surface area (Å²) in [6.07, 6.45) is 1.80. The molecule has 2 aliphatic heterocycles. The van der Waals surface area contributed by atoms with Crippen molar-refractivity contribution in [2.45, 2.75) is 42.9 Å². The van der Waals surface area contributed by atoms with Gasteiger partial charge in [0.15, 0.2) is 0 Å². The Labute approximate surface area is 266 Å². The predicted molar refractivity (Wildman–Crippen MR) is 161 cm³/mol. The van der Waals surface area contributed by atoms with Gasteiger partial charge in [-0.2, -0.15) is 0 Å². The molecule has 0 unspecified atom stereocenters. The standard InChI is InChI=1S/C31H28Cl2F2N4O6/c1-45-29(41)16-4-5-17(23(10-16)39(43)44)12-36-28-24(14-40)38(13-15-2-3-15)31(20-8-6-18(32)11-22(20)37-30(31)42)25(28)19-7-9-21(34)26(33)27(19)35/h4-11,15,24-25,28,36,40H,2-3,12-14H2,1H3,(H,37,42)/t24-,25-,28+,31+/m0/s1. The van der Waals surface area contributed by atoms with Crippen LogP contribution in [0.15, 0.2) is 48.5 Å². The smallest absolute Gasteiger partial charge is 0.338 e. The molecule has 4 atom stereocenters. The first-order chi connectivity index (χ1) is 21.5. The van der Waals surface area contributed by atoms with Gasteiger partial charge < -0.3 is 20.5 Å². The van der Waals surface area contributed by atoms with Crippen LogP contribution in [0.1, 0.15) is 45.8 Å². The maximum Gasteiger partial charge on any atom is 0.338 e. The average Bonchev–Trinajstić information content (AvgIpc) is 3.74. The second-order valence-electron chi connectivity index (χ2n) is 11.5. The quantitative estimate of drug-likeness (QED) is 0.124. The number of carbonyl (C=O) groups excluding carboxylic acids is 2. The van der Waals surface area contributed by atoms with Crippen molar-refractivity contribution in [2.75, 3.05) is 25.6 Å². The molecule has 14 heteroatoms. The molecule has 3 aromatic carbocycles. The second-order valence-corrected chi connectivity index (χ2v) is 12.3. The number of nitrogens with zero attached hydrogens (tertiary/aromatic N) is 2. The number of esters is 1. The second kappa shape index (κ2) is 11.9. The van der Waals surface area contributed by atoms with Gasteiger partial charge in [0.2, 0.25) is 5.91 Å². The van der Waals surface area contributed by atoms with Gasteiger partial charge in [0.1, 0.15) is 22.2 Å². The lowest BCUT2D eigenvalue weighted by Crippen LogP contribution is -2.53. The number of ether oxygens (including phenoxy) is 1. The molecule has 1 aliphatic carbocycles. The third-order valence-corrected chi connectivity index (χ3v) is 9.62. The molecule has 0 bridgehead atoms. The lowest BCUT2D eigenvalue weighted by Gasteiger charge is -2.39. The number of hydrogen-bond acceptors (Lipinski definition) is 8. The van der Waals surface area contributed by atoms with Crippen molar-refractivity contribution in [1.29, 1.82) is 0 Å². The lowest BCUT2D eigenvalue weighted by molar-refractivity contribution is -0.385. The number of nitro benzene ring substituents is 1. The zero-order valence-corrected chi connectivity index (χ0v) is 25.4. The molecule has 1 saturated carbocycles. The minimum absolute atomic E-state index is 0.0181. The molecule has 0 aromatic heterocycles. The van der Waals surface area contributed by atoms with Crippen molar-refractivity contribution in [2.24, 2.45) is 5.92 Å². The Bertz CT molecular complexity index is 1720. The third kappa shape index (κ3) is 5.14. The highest BCUT2D eigenvalue weighted by atomic mass is 35.5. The molecular formula is C31H28Cl2F2N4O6. The molecule has 1 spiro atoms. The summed E-state index contributed by atoms with van der Waals surface area (Å²) in [5.74, 6) is -4.15. The molecular weight excluding hydrogens is 633 g/mol. The number of anilines is 1. The monoisotopic (exact) mass is 660 g/mol. The molecule has 0 radical (unpaired) electrons. The van der Waals surface area contributed by atoms with Crippen LogP contribution < -0.4 is 10.6 Å². The van der Waals surface area contributed by atoms with Crippen LogP contribution in [0.2, 0.25) is 10.0 Å². The normalized spacial score (nSPS) is 24.1. The first kappa shape index (κ1) is 31.3. The molecule has 2 fully saturated rings. The summed E-state index contributed by atoms with van der Waals surface area (Å²) in [4.78, 5) is 39.6. The van der Waals surface area contributed by atoms with Gasteiger partial charge in [-0.3, -0.25) is 19.8 Å². The number of halogens is 4. The minimum Gasteiger partial charge on any atom is -0.465 e. The molecule has 1 saturated heterocycles. The number of amides is 1. The van der Waals surface area contributed by atoms with E-state index < -0.39 is 63.6 Å². The molecule has 2 heterocycles. The SMILES string of the molecule is COC(=O)c1ccc(CN[C@@H]2[C@H](CO)N(CC3CC3)[C@@]3(C(=O)Nc4cc(Cl)ccc43)[C@H]2c2ccc(F)c(Cl)c2F)c([N+](=O)[O-])c1. The van der Waals surface area contributed by atoms with Gasteiger partial charge in [0.05, 0.1) is 30.2 Å². The number of likely N-dealkylation sites (tertiary alicyclic amines) is 1. The van der Waals surface area contributed by atoms with E-state index >= 15 is 4.39 Å². The van der Waals surface area contributed by atoms with E-state index in [4.69, 9.17) is 27.9 Å². The van der Waals surface area contributed by atoms with Gasteiger partial charge in [-0.05, 0) is 48.6 Å². The zero-order valence-electron chi connectivity index (χ0n) is 23.9. The van der Waals surface area contributed by atoms with Gasteiger partial charge in [-0.1, -0.05) is 41.4 Å². The summed E-state index contributed by atoms with van der Waals surface area (Å²) in [5, 5.41) is 28.7. The molecule has 3 N–H and O–H groups in total. The number of benzene rings is 3. The number of methoxy groups -OCH3 is 1. The van der Waals surface area contributed by atoms with Crippen molar-refractivity contribution < 1.29 is 33.1 Å². The topological polar surface area (TPSA) is 134 Å². The van der Waals surface area contributed by atoms with Crippen LogP contribution in [-0.2, 0) is 21.6 Å². The Kier molecular flexibility index (Phi) is 8.29. The van der Waals surface area contributed by atoms with Crippen LogP contribution in [-0.4, -0.2) is 59.2 Å². The van der Waals surface area contributed by atoms with Gasteiger partial charge in [-0.15, -0.1) is 0 Å². The zero-order chi connectivity index (χ0) is 32.2. The van der Waals surface area contributed by atoms with E-state index in [9.17, 15) is 29.2 Å². The van der Waals surface area contributed by atoms with Crippen LogP contribution in [0.5, 0.6) is 0 Å². The van der Waals surface area contributed by atoms with E-state index in [-0.39, 0.29) is 34.8 Å². The third-order valence-electron chi connectivity index (χ3n) is 9.03. The Balaban J connectivity index is 1.53. The summed E-state index contributed by atoms with van der Waals surface area (Å²) in [6, 6.07) is 9.34. The van der Waals surface area contributed by atoms with E-state index in [1.165, 1.54) is 18.2 Å². The Morgan fingerprint density at radius 3 is 2.62 bits per heavy atom. The van der Waals surface area contributed by atoms with Gasteiger partial charge in [0.25, 0.3) is 5.69 Å². The number of fused-ring (bicyclic) bond motifs is 2. The molecule has 3 aromatic rings. The fraction of sp³-hybridized carbons (Fsp3) is 0.355. The summed E-state index contributed by atoms with van der Waals surface area (Å²) >= 11 is 12.4. The molecule has 236 valence electrons. The Morgan fingerprint density at radius 2 is 1.96 bits per heavy atom. The van der Waals surface area contributed by atoms with E-state index in [1.807, 2.05) is 4.90 Å². The van der Waals surface area contributed by atoms with Crippen LogP contribution in [0.25, 0.3) is 0 Å². The minimum atomic E-state index is -1.59. The first-order valence-corrected chi connectivity index (χ1v) is 15.0. The fourth-order valence-corrected chi connectivity index (χ4v) is 7.23. The molecule has 6 rings (SSSR count). The number of hydrogen-bond donors (Lipinski definition) is 3. The van der Waals surface area contributed by atoms with Gasteiger partial charge >= 0.3 is 5.97 Å². The van der Waals surface area contributed by atoms with Gasteiger partial charge in [0, 0.05) is 53.0 Å². The van der Waals surface area contributed by atoms with E-state index in [2.05, 4.69) is 10.6 Å². The Morgan fingerprint density at radius 1 is 1.20 bits per heavy atom. The maximum absolute atomic E-state index is 16.0. The number of aliphatic hydroxyl groups is 1. The van der Waals surface area contributed by atoms with E-state index in [0.29, 0.717) is 22.8 Å². The molecule has 45 heavy (non-hydrogen) atoms. The molecule has 3 aliphatic rings. The van der Waals surface area contributed by atoms with Crippen LogP contribution in [0.3, 0.4) is 0 Å². The summed E-state index contributed by atoms with van der Waals surface area (Å²) < 4.78 is 35.2. The van der Waals surface area contributed by atoms with Crippen molar-refractivity contribution in [3.63, 3.8) is 0 Å². The van der Waals surface area contributed by atoms with Crippen molar-refractivity contribution in [3.05, 3.63) is 103 Å². The van der Waals surface area contributed by atoms with Crippen LogP contribution in [0, 0.1) is 27.7 Å². The van der Waals surface area contributed by atoms with Gasteiger partial charge in [-0.25, -0.2) is 13.6 Å². The summed E-state index contributed by atoms with van der Waals surface area (Å²) in [5.41, 5.74) is -0.925.